The molecule has 0 aliphatic carbocycles. The summed E-state index contributed by atoms with van der Waals surface area (Å²) in [5.74, 6) is -0.229. The second-order valence-electron chi connectivity index (χ2n) is 5.88. The van der Waals surface area contributed by atoms with E-state index in [1.54, 1.807) is 25.4 Å². The normalized spacial score (nSPS) is 16.7. The number of carbonyl (C=O) groups is 1. The minimum absolute atomic E-state index is 0.332. The number of nitrogens with zero attached hydrogens (tertiary/aromatic N) is 4. The average molecular weight is 346 g/mol. The van der Waals surface area contributed by atoms with Gasteiger partial charge in [-0.05, 0) is 37.1 Å². The molecule has 0 saturated heterocycles. The minimum atomic E-state index is -0.560. The molecule has 1 aliphatic heterocycles. The van der Waals surface area contributed by atoms with E-state index in [-0.39, 0.29) is 0 Å². The summed E-state index contributed by atoms with van der Waals surface area (Å²) in [4.78, 5) is 22.6. The number of hydrogen-bond acceptors (Lipinski definition) is 6. The number of anilines is 1. The highest BCUT2D eigenvalue weighted by Crippen LogP contribution is 2.38. The quantitative estimate of drug-likeness (QED) is 0.654. The third kappa shape index (κ3) is 3.00. The Morgan fingerprint density at radius 2 is 2.04 bits per heavy atom. The summed E-state index contributed by atoms with van der Waals surface area (Å²) in [6.07, 6.45) is 5.26. The van der Waals surface area contributed by atoms with Crippen LogP contribution in [-0.4, -0.2) is 16.9 Å². The molecular formula is C19H18N6O. The summed E-state index contributed by atoms with van der Waals surface area (Å²) < 4.78 is 0. The molecule has 1 unspecified atom stereocenters. The van der Waals surface area contributed by atoms with Crippen molar-refractivity contribution in [1.82, 2.24) is 10.3 Å². The molecule has 0 spiro atoms. The lowest BCUT2D eigenvalue weighted by Gasteiger charge is -2.38. The Morgan fingerprint density at radius 1 is 1.27 bits per heavy atom. The molecule has 2 heterocycles. The van der Waals surface area contributed by atoms with Crippen LogP contribution in [0.1, 0.15) is 24.1 Å². The lowest BCUT2D eigenvalue weighted by atomic mass is 9.94. The second kappa shape index (κ2) is 7.07. The maximum absolute atomic E-state index is 12.2. The van der Waals surface area contributed by atoms with Crippen molar-refractivity contribution in [3.05, 3.63) is 71.2 Å². The predicted molar refractivity (Wildman–Crippen MR) is 98.7 cm³/mol. The zero-order valence-electron chi connectivity index (χ0n) is 14.5. The topological polar surface area (TPSA) is 107 Å². The zero-order chi connectivity index (χ0) is 18.7. The van der Waals surface area contributed by atoms with Gasteiger partial charge in [0, 0.05) is 18.1 Å². The molecule has 3 N–H and O–H groups in total. The number of rotatable bonds is 3. The third-order valence-corrected chi connectivity index (χ3v) is 4.23. The van der Waals surface area contributed by atoms with Gasteiger partial charge in [0.25, 0.3) is 0 Å². The Kier molecular flexibility index (Phi) is 4.67. The lowest BCUT2D eigenvalue weighted by Crippen LogP contribution is -2.47. The summed E-state index contributed by atoms with van der Waals surface area (Å²) in [6.45, 7) is 3.66. The minimum Gasteiger partial charge on any atom is -0.366 e. The standard InChI is InChI=1S/C19H18N6O/c1-12-6-3-4-8-15(12)25-17(14-7-5-9-22-10-14)16(18(21)26)13(2)24-19(25)23-11-20/h3-10,17H,1-2H3,(H2,21,26)(H,23,24). The number of aryl methyl sites for hydroxylation is 1. The highest BCUT2D eigenvalue weighted by Gasteiger charge is 2.36. The molecule has 0 fully saturated rings. The van der Waals surface area contributed by atoms with Gasteiger partial charge < -0.3 is 5.73 Å². The summed E-state index contributed by atoms with van der Waals surface area (Å²) in [5, 5.41) is 11.8. The second-order valence-corrected chi connectivity index (χ2v) is 5.88. The number of aliphatic imine (C=N–C) groups is 1. The van der Waals surface area contributed by atoms with E-state index < -0.39 is 11.9 Å². The van der Waals surface area contributed by atoms with Crippen molar-refractivity contribution in [3.8, 4) is 6.19 Å². The summed E-state index contributed by atoms with van der Waals surface area (Å²) in [7, 11) is 0. The fourth-order valence-electron chi connectivity index (χ4n) is 3.11. The van der Waals surface area contributed by atoms with Gasteiger partial charge in [0.1, 0.15) is 0 Å². The van der Waals surface area contributed by atoms with Crippen LogP contribution in [0, 0.1) is 18.4 Å². The number of aromatic nitrogens is 1. The fraction of sp³-hybridized carbons (Fsp3) is 0.158. The number of nitrogens with one attached hydrogen (secondary N) is 1. The molecule has 7 nitrogen and oxygen atoms in total. The van der Waals surface area contributed by atoms with E-state index in [2.05, 4.69) is 15.3 Å². The first kappa shape index (κ1) is 17.2. The molecule has 26 heavy (non-hydrogen) atoms. The lowest BCUT2D eigenvalue weighted by molar-refractivity contribution is -0.114. The molecule has 0 radical (unpaired) electrons. The Balaban J connectivity index is 2.29. The summed E-state index contributed by atoms with van der Waals surface area (Å²) in [6, 6.07) is 10.8. The van der Waals surface area contributed by atoms with Crippen molar-refractivity contribution in [2.24, 2.45) is 10.7 Å². The van der Waals surface area contributed by atoms with E-state index in [0.29, 0.717) is 17.2 Å². The molecule has 1 amide bonds. The number of primary amides is 1. The summed E-state index contributed by atoms with van der Waals surface area (Å²) >= 11 is 0. The predicted octanol–water partition coefficient (Wildman–Crippen LogP) is 2.14. The number of benzene rings is 1. The van der Waals surface area contributed by atoms with Crippen molar-refractivity contribution in [1.29, 1.82) is 5.26 Å². The van der Waals surface area contributed by atoms with Crippen LogP contribution in [0.3, 0.4) is 0 Å². The van der Waals surface area contributed by atoms with Crippen LogP contribution in [0.4, 0.5) is 5.69 Å². The third-order valence-electron chi connectivity index (χ3n) is 4.23. The Morgan fingerprint density at radius 3 is 2.65 bits per heavy atom. The number of nitrogens with two attached hydrogens (primary N) is 1. The molecule has 0 saturated carbocycles. The van der Waals surface area contributed by atoms with E-state index in [9.17, 15) is 10.1 Å². The SMILES string of the molecule is CC1=C(C(N)=O)C(c2cccnc2)N(c2ccccc2C)C(NC#N)=N1. The van der Waals surface area contributed by atoms with E-state index in [1.165, 1.54) is 0 Å². The molecule has 1 atom stereocenters. The number of pyridine rings is 1. The van der Waals surface area contributed by atoms with Gasteiger partial charge in [-0.15, -0.1) is 0 Å². The molecule has 0 bridgehead atoms. The number of amides is 1. The molecule has 130 valence electrons. The average Bonchev–Trinajstić information content (AvgIpc) is 2.63. The van der Waals surface area contributed by atoms with E-state index in [1.807, 2.05) is 48.3 Å². The Labute approximate surface area is 151 Å². The van der Waals surface area contributed by atoms with E-state index in [4.69, 9.17) is 5.73 Å². The van der Waals surface area contributed by atoms with E-state index in [0.717, 1.165) is 16.8 Å². The van der Waals surface area contributed by atoms with Crippen molar-refractivity contribution in [3.63, 3.8) is 0 Å². The van der Waals surface area contributed by atoms with Crippen LogP contribution in [-0.2, 0) is 4.79 Å². The number of allylic oxidation sites excluding steroid dienone is 1. The van der Waals surface area contributed by atoms with Crippen molar-refractivity contribution in [2.75, 3.05) is 4.90 Å². The maximum Gasteiger partial charge on any atom is 0.248 e. The molecule has 1 aliphatic rings. The van der Waals surface area contributed by atoms with Crippen molar-refractivity contribution >= 4 is 17.6 Å². The Hall–Kier alpha value is -3.66. The van der Waals surface area contributed by atoms with Crippen LogP contribution in [0.15, 0.2) is 65.1 Å². The zero-order valence-corrected chi connectivity index (χ0v) is 14.5. The monoisotopic (exact) mass is 346 g/mol. The van der Waals surface area contributed by atoms with Gasteiger partial charge in [-0.3, -0.25) is 20.0 Å². The first-order valence-corrected chi connectivity index (χ1v) is 8.03. The number of para-hydroxylation sites is 1. The van der Waals surface area contributed by atoms with Gasteiger partial charge in [-0.2, -0.15) is 5.26 Å². The van der Waals surface area contributed by atoms with E-state index >= 15 is 0 Å². The van der Waals surface area contributed by atoms with Gasteiger partial charge >= 0.3 is 0 Å². The number of nitriles is 1. The molecule has 1 aromatic heterocycles. The molecule has 3 rings (SSSR count). The van der Waals surface area contributed by atoms with Gasteiger partial charge in [-0.25, -0.2) is 4.99 Å². The van der Waals surface area contributed by atoms with Crippen LogP contribution in [0.5, 0.6) is 0 Å². The molecular weight excluding hydrogens is 328 g/mol. The fourth-order valence-corrected chi connectivity index (χ4v) is 3.11. The molecule has 2 aromatic rings. The first-order chi connectivity index (χ1) is 12.5. The van der Waals surface area contributed by atoms with Gasteiger partial charge in [0.2, 0.25) is 11.9 Å². The maximum atomic E-state index is 12.2. The number of carbonyl (C=O) groups excluding carboxylic acids is 1. The molecule has 7 heteroatoms. The van der Waals surface area contributed by atoms with Gasteiger partial charge in [0.05, 0.1) is 17.3 Å². The van der Waals surface area contributed by atoms with Crippen LogP contribution in [0.2, 0.25) is 0 Å². The van der Waals surface area contributed by atoms with Crippen molar-refractivity contribution in [2.45, 2.75) is 19.9 Å². The first-order valence-electron chi connectivity index (χ1n) is 8.03. The van der Waals surface area contributed by atoms with Crippen LogP contribution in [0.25, 0.3) is 0 Å². The molecule has 1 aromatic carbocycles. The smallest absolute Gasteiger partial charge is 0.248 e. The van der Waals surface area contributed by atoms with Crippen LogP contribution < -0.4 is 16.0 Å². The summed E-state index contributed by atoms with van der Waals surface area (Å²) in [5.41, 5.74) is 9.07. The highest BCUT2D eigenvalue weighted by molar-refractivity contribution is 6.05. The van der Waals surface area contributed by atoms with Crippen LogP contribution >= 0.6 is 0 Å². The van der Waals surface area contributed by atoms with Gasteiger partial charge in [0.15, 0.2) is 6.19 Å². The van der Waals surface area contributed by atoms with Gasteiger partial charge in [-0.1, -0.05) is 24.3 Å². The number of guanidine groups is 1. The highest BCUT2D eigenvalue weighted by atomic mass is 16.1. The Bertz CT molecular complexity index is 942. The largest absolute Gasteiger partial charge is 0.366 e. The number of hydrogen-bond donors (Lipinski definition) is 2. The van der Waals surface area contributed by atoms with Crippen molar-refractivity contribution < 1.29 is 4.79 Å².